The lowest BCUT2D eigenvalue weighted by Gasteiger charge is -2.21. The van der Waals surface area contributed by atoms with Gasteiger partial charge in [0.15, 0.2) is 0 Å². The fourth-order valence-electron chi connectivity index (χ4n) is 1.57. The number of amides is 1. The van der Waals surface area contributed by atoms with Gasteiger partial charge in [0.05, 0.1) is 6.61 Å². The summed E-state index contributed by atoms with van der Waals surface area (Å²) in [7, 11) is 0. The van der Waals surface area contributed by atoms with E-state index in [1.54, 1.807) is 4.90 Å². The highest BCUT2D eigenvalue weighted by molar-refractivity contribution is 5.84. The molecule has 0 aromatic rings. The summed E-state index contributed by atoms with van der Waals surface area (Å²) in [6.45, 7) is 5.06. The van der Waals surface area contributed by atoms with Crippen molar-refractivity contribution in [3.8, 4) is 0 Å². The molecule has 1 amide bonds. The molecule has 1 fully saturated rings. The van der Waals surface area contributed by atoms with Crippen LogP contribution in [0.1, 0.15) is 20.3 Å². The van der Waals surface area contributed by atoms with E-state index in [4.69, 9.17) is 10.8 Å². The molecule has 1 atom stereocenters. The van der Waals surface area contributed by atoms with Gasteiger partial charge in [-0.1, -0.05) is 13.8 Å². The second-order valence-corrected chi connectivity index (χ2v) is 4.33. The van der Waals surface area contributed by atoms with Crippen molar-refractivity contribution < 1.29 is 9.90 Å². The molecule has 1 heterocycles. The first-order chi connectivity index (χ1) is 5.97. The molecule has 1 unspecified atom stereocenters. The first-order valence-corrected chi connectivity index (χ1v) is 4.63. The number of nitrogens with zero attached hydrogens (tertiary/aromatic N) is 1. The Labute approximate surface area is 78.7 Å². The van der Waals surface area contributed by atoms with E-state index in [9.17, 15) is 4.79 Å². The minimum Gasteiger partial charge on any atom is -0.395 e. The van der Waals surface area contributed by atoms with Crippen LogP contribution in [0.3, 0.4) is 0 Å². The van der Waals surface area contributed by atoms with E-state index in [0.717, 1.165) is 13.0 Å². The zero-order valence-electron chi connectivity index (χ0n) is 8.29. The Kier molecular flexibility index (Phi) is 2.93. The van der Waals surface area contributed by atoms with Crippen molar-refractivity contribution in [2.75, 3.05) is 19.7 Å². The van der Waals surface area contributed by atoms with Gasteiger partial charge in [-0.25, -0.2) is 0 Å². The van der Waals surface area contributed by atoms with Crippen LogP contribution in [0.5, 0.6) is 0 Å². The van der Waals surface area contributed by atoms with E-state index in [0.29, 0.717) is 6.54 Å². The van der Waals surface area contributed by atoms with Crippen LogP contribution >= 0.6 is 0 Å². The molecule has 0 aromatic heterocycles. The van der Waals surface area contributed by atoms with E-state index in [1.165, 1.54) is 0 Å². The molecule has 0 aromatic carbocycles. The molecule has 3 N–H and O–H groups in total. The molecule has 76 valence electrons. The molecule has 1 aliphatic heterocycles. The van der Waals surface area contributed by atoms with Crippen molar-refractivity contribution in [1.29, 1.82) is 0 Å². The number of aliphatic hydroxyl groups is 1. The van der Waals surface area contributed by atoms with Gasteiger partial charge in [0, 0.05) is 24.5 Å². The van der Waals surface area contributed by atoms with Crippen molar-refractivity contribution in [1.82, 2.24) is 4.90 Å². The quantitative estimate of drug-likeness (QED) is 0.628. The van der Waals surface area contributed by atoms with Gasteiger partial charge in [0.25, 0.3) is 0 Å². The summed E-state index contributed by atoms with van der Waals surface area (Å²) in [5, 5.41) is 8.75. The first kappa shape index (κ1) is 10.5. The maximum absolute atomic E-state index is 11.7. The van der Waals surface area contributed by atoms with Crippen molar-refractivity contribution in [2.45, 2.75) is 26.3 Å². The van der Waals surface area contributed by atoms with Gasteiger partial charge in [-0.3, -0.25) is 4.79 Å². The average molecular weight is 186 g/mol. The van der Waals surface area contributed by atoms with Gasteiger partial charge in [-0.05, 0) is 6.42 Å². The summed E-state index contributed by atoms with van der Waals surface area (Å²) in [6, 6.07) is -0.308. The Bertz CT molecular complexity index is 204. The van der Waals surface area contributed by atoms with Gasteiger partial charge >= 0.3 is 0 Å². The minimum absolute atomic E-state index is 0.0653. The first-order valence-electron chi connectivity index (χ1n) is 4.63. The molecular formula is C9H18N2O2. The summed E-state index contributed by atoms with van der Waals surface area (Å²) < 4.78 is 0. The molecule has 0 radical (unpaired) electrons. The molecule has 13 heavy (non-hydrogen) atoms. The predicted molar refractivity (Wildman–Crippen MR) is 50.0 cm³/mol. The van der Waals surface area contributed by atoms with Crippen molar-refractivity contribution >= 4 is 5.91 Å². The molecule has 4 nitrogen and oxygen atoms in total. The summed E-state index contributed by atoms with van der Waals surface area (Å²) in [5.74, 6) is 0.149. The highest BCUT2D eigenvalue weighted by atomic mass is 16.3. The number of aliphatic hydroxyl groups excluding tert-OH is 1. The SMILES string of the molecule is CC1(C)CCN(CC(N)CO)C1=O. The number of hydrogen-bond donors (Lipinski definition) is 2. The second-order valence-electron chi connectivity index (χ2n) is 4.33. The van der Waals surface area contributed by atoms with Crippen molar-refractivity contribution in [3.05, 3.63) is 0 Å². The standard InChI is InChI=1S/C9H18N2O2/c1-9(2)3-4-11(8(9)13)5-7(10)6-12/h7,12H,3-6,10H2,1-2H3. The zero-order valence-corrected chi connectivity index (χ0v) is 8.29. The van der Waals surface area contributed by atoms with Crippen LogP contribution in [-0.2, 0) is 4.79 Å². The van der Waals surface area contributed by atoms with E-state index in [2.05, 4.69) is 0 Å². The van der Waals surface area contributed by atoms with Gasteiger partial charge in [-0.15, -0.1) is 0 Å². The van der Waals surface area contributed by atoms with E-state index in [1.807, 2.05) is 13.8 Å². The number of hydrogen-bond acceptors (Lipinski definition) is 3. The fraction of sp³-hybridized carbons (Fsp3) is 0.889. The molecule has 1 rings (SSSR count). The minimum atomic E-state index is -0.308. The Morgan fingerprint density at radius 3 is 2.69 bits per heavy atom. The lowest BCUT2D eigenvalue weighted by Crippen LogP contribution is -2.42. The van der Waals surface area contributed by atoms with Gasteiger partial charge in [0.2, 0.25) is 5.91 Å². The maximum atomic E-state index is 11.7. The lowest BCUT2D eigenvalue weighted by molar-refractivity contribution is -0.134. The molecule has 0 aliphatic carbocycles. The highest BCUT2D eigenvalue weighted by Crippen LogP contribution is 2.30. The molecule has 1 aliphatic rings. The van der Waals surface area contributed by atoms with Crippen LogP contribution in [0.2, 0.25) is 0 Å². The summed E-state index contributed by atoms with van der Waals surface area (Å²) in [4.78, 5) is 13.4. The number of likely N-dealkylation sites (tertiary alicyclic amines) is 1. The number of nitrogens with two attached hydrogens (primary N) is 1. The number of rotatable bonds is 3. The third-order valence-corrected chi connectivity index (χ3v) is 2.56. The predicted octanol–water partition coefficient (Wildman–Crippen LogP) is -0.435. The zero-order chi connectivity index (χ0) is 10.1. The van der Waals surface area contributed by atoms with Crippen LogP contribution in [0.4, 0.5) is 0 Å². The van der Waals surface area contributed by atoms with Crippen molar-refractivity contribution in [3.63, 3.8) is 0 Å². The normalized spacial score (nSPS) is 23.7. The topological polar surface area (TPSA) is 66.6 Å². The summed E-state index contributed by atoms with van der Waals surface area (Å²) in [6.07, 6.45) is 0.879. The lowest BCUT2D eigenvalue weighted by atomic mass is 9.92. The molecule has 0 saturated carbocycles. The van der Waals surface area contributed by atoms with Crippen LogP contribution in [0.15, 0.2) is 0 Å². The Morgan fingerprint density at radius 1 is 1.69 bits per heavy atom. The van der Waals surface area contributed by atoms with Gasteiger partial charge < -0.3 is 15.7 Å². The molecular weight excluding hydrogens is 168 g/mol. The number of carbonyl (C=O) groups excluding carboxylic acids is 1. The maximum Gasteiger partial charge on any atom is 0.228 e. The van der Waals surface area contributed by atoms with E-state index in [-0.39, 0.29) is 24.0 Å². The van der Waals surface area contributed by atoms with Crippen LogP contribution in [0.25, 0.3) is 0 Å². The second kappa shape index (κ2) is 3.64. The third kappa shape index (κ3) is 2.19. The van der Waals surface area contributed by atoms with Crippen molar-refractivity contribution in [2.24, 2.45) is 11.1 Å². The number of carbonyl (C=O) groups is 1. The Morgan fingerprint density at radius 2 is 2.31 bits per heavy atom. The Balaban J connectivity index is 2.51. The monoisotopic (exact) mass is 186 g/mol. The summed E-state index contributed by atoms with van der Waals surface area (Å²) >= 11 is 0. The third-order valence-electron chi connectivity index (χ3n) is 2.56. The highest BCUT2D eigenvalue weighted by Gasteiger charge is 2.38. The van der Waals surface area contributed by atoms with E-state index >= 15 is 0 Å². The fourth-order valence-corrected chi connectivity index (χ4v) is 1.57. The molecule has 1 saturated heterocycles. The van der Waals surface area contributed by atoms with Crippen LogP contribution in [-0.4, -0.2) is 41.7 Å². The molecule has 0 spiro atoms. The van der Waals surface area contributed by atoms with Gasteiger partial charge in [-0.2, -0.15) is 0 Å². The van der Waals surface area contributed by atoms with Crippen LogP contribution in [0, 0.1) is 5.41 Å². The molecule has 4 heteroatoms. The Hall–Kier alpha value is -0.610. The molecule has 0 bridgehead atoms. The summed E-state index contributed by atoms with van der Waals surface area (Å²) in [5.41, 5.74) is 5.32. The smallest absolute Gasteiger partial charge is 0.228 e. The van der Waals surface area contributed by atoms with Gasteiger partial charge in [0.1, 0.15) is 0 Å². The average Bonchev–Trinajstić information content (AvgIpc) is 2.32. The van der Waals surface area contributed by atoms with E-state index < -0.39 is 0 Å². The largest absolute Gasteiger partial charge is 0.395 e. The van der Waals surface area contributed by atoms with Crippen LogP contribution < -0.4 is 5.73 Å².